The molecule has 0 aromatic heterocycles. The van der Waals surface area contributed by atoms with Crippen molar-refractivity contribution in [2.24, 2.45) is 0 Å². The number of nitrogens with zero attached hydrogens (tertiary/aromatic N) is 1. The highest BCUT2D eigenvalue weighted by atomic mass is 16.5. The fourth-order valence-electron chi connectivity index (χ4n) is 2.31. The molecule has 5 nitrogen and oxygen atoms in total. The van der Waals surface area contributed by atoms with Crippen molar-refractivity contribution in [2.75, 3.05) is 11.5 Å². The molecule has 0 radical (unpaired) electrons. The molecule has 0 fully saturated rings. The number of carbonyl (C=O) groups is 2. The van der Waals surface area contributed by atoms with Gasteiger partial charge in [-0.1, -0.05) is 30.3 Å². The zero-order valence-electron chi connectivity index (χ0n) is 11.1. The molecule has 1 amide bonds. The summed E-state index contributed by atoms with van der Waals surface area (Å²) in [7, 11) is 0. The third-order valence-electron chi connectivity index (χ3n) is 3.31. The number of benzene rings is 2. The summed E-state index contributed by atoms with van der Waals surface area (Å²) in [5.74, 6) is -0.744. The van der Waals surface area contributed by atoms with Crippen molar-refractivity contribution >= 4 is 17.6 Å². The van der Waals surface area contributed by atoms with Gasteiger partial charge in [-0.3, -0.25) is 4.79 Å². The van der Waals surface area contributed by atoms with Crippen LogP contribution in [0.25, 0.3) is 0 Å². The van der Waals surface area contributed by atoms with E-state index in [0.29, 0.717) is 18.0 Å². The summed E-state index contributed by atoms with van der Waals surface area (Å²) in [4.78, 5) is 24.5. The first-order chi connectivity index (χ1) is 10.1. The fraction of sp³-hybridized carbons (Fsp3) is 0.125. The van der Waals surface area contributed by atoms with Gasteiger partial charge in [-0.25, -0.2) is 0 Å². The highest BCUT2D eigenvalue weighted by Crippen LogP contribution is 2.32. The molecule has 0 bridgehead atoms. The quantitative estimate of drug-likeness (QED) is 0.841. The molecule has 106 valence electrons. The molecule has 0 spiro atoms. The smallest absolute Gasteiger partial charge is 0.265 e. The van der Waals surface area contributed by atoms with E-state index >= 15 is 0 Å². The van der Waals surface area contributed by atoms with Crippen molar-refractivity contribution in [3.63, 3.8) is 0 Å². The fourth-order valence-corrected chi connectivity index (χ4v) is 2.31. The van der Waals surface area contributed by atoms with Crippen LogP contribution in [0.15, 0.2) is 48.5 Å². The predicted octanol–water partition coefficient (Wildman–Crippen LogP) is 0.976. The summed E-state index contributed by atoms with van der Waals surface area (Å²) >= 11 is 0. The maximum absolute atomic E-state index is 12.1. The number of fused-ring (bicyclic) bond motifs is 1. The third kappa shape index (κ3) is 2.58. The lowest BCUT2D eigenvalue weighted by Crippen LogP contribution is -2.38. The molecule has 2 aromatic rings. The Morgan fingerprint density at radius 3 is 2.81 bits per heavy atom. The molecule has 3 rings (SSSR count). The Labute approximate surface area is 121 Å². The summed E-state index contributed by atoms with van der Waals surface area (Å²) in [5.41, 5.74) is 1.51. The van der Waals surface area contributed by atoms with Crippen molar-refractivity contribution in [3.8, 4) is 5.75 Å². The van der Waals surface area contributed by atoms with E-state index in [2.05, 4.69) is 0 Å². The van der Waals surface area contributed by atoms with Gasteiger partial charge in [0.05, 0.1) is 18.2 Å². The first-order valence-corrected chi connectivity index (χ1v) is 6.47. The van der Waals surface area contributed by atoms with Crippen LogP contribution in [0.1, 0.15) is 15.9 Å². The van der Waals surface area contributed by atoms with Crippen LogP contribution in [0, 0.1) is 0 Å². The van der Waals surface area contributed by atoms with Gasteiger partial charge in [0.15, 0.2) is 6.61 Å². The molecule has 2 aromatic carbocycles. The first-order valence-electron chi connectivity index (χ1n) is 6.47. The lowest BCUT2D eigenvalue weighted by atomic mass is 10.1. The third-order valence-corrected chi connectivity index (χ3v) is 3.31. The van der Waals surface area contributed by atoms with Crippen molar-refractivity contribution in [3.05, 3.63) is 59.7 Å². The number of carboxylic acids is 1. The second-order valence-electron chi connectivity index (χ2n) is 4.72. The van der Waals surface area contributed by atoms with E-state index in [1.54, 1.807) is 29.2 Å². The number of hydrogen-bond donors (Lipinski definition) is 0. The molecule has 0 atom stereocenters. The highest BCUT2D eigenvalue weighted by Gasteiger charge is 2.25. The number of para-hydroxylation sites is 2. The van der Waals surface area contributed by atoms with Crippen LogP contribution in [-0.2, 0) is 11.3 Å². The number of amides is 1. The second-order valence-corrected chi connectivity index (χ2v) is 4.72. The Morgan fingerprint density at radius 1 is 1.19 bits per heavy atom. The SMILES string of the molecule is O=C([O-])c1cccc(CN2C(=O)COc3ccccc32)c1. The van der Waals surface area contributed by atoms with Crippen molar-refractivity contribution in [1.29, 1.82) is 0 Å². The molecule has 5 heteroatoms. The van der Waals surface area contributed by atoms with Gasteiger partial charge in [0.2, 0.25) is 0 Å². The average Bonchev–Trinajstić information content (AvgIpc) is 2.50. The number of hydrogen-bond acceptors (Lipinski definition) is 4. The Kier molecular flexibility index (Phi) is 3.31. The number of rotatable bonds is 3. The van der Waals surface area contributed by atoms with Crippen LogP contribution in [0.5, 0.6) is 5.75 Å². The van der Waals surface area contributed by atoms with Crippen LogP contribution >= 0.6 is 0 Å². The molecule has 21 heavy (non-hydrogen) atoms. The van der Waals surface area contributed by atoms with Crippen LogP contribution in [0.4, 0.5) is 5.69 Å². The zero-order valence-corrected chi connectivity index (χ0v) is 11.1. The average molecular weight is 282 g/mol. The maximum atomic E-state index is 12.1. The molecule has 0 aliphatic carbocycles. The van der Waals surface area contributed by atoms with Crippen LogP contribution in [-0.4, -0.2) is 18.5 Å². The number of aromatic carboxylic acids is 1. The van der Waals surface area contributed by atoms with E-state index in [4.69, 9.17) is 4.74 Å². The normalized spacial score (nSPS) is 13.5. The number of carbonyl (C=O) groups excluding carboxylic acids is 2. The minimum atomic E-state index is -1.23. The Balaban J connectivity index is 1.92. The lowest BCUT2D eigenvalue weighted by molar-refractivity contribution is -0.255. The first kappa shape index (κ1) is 13.2. The summed E-state index contributed by atoms with van der Waals surface area (Å²) < 4.78 is 5.37. The van der Waals surface area contributed by atoms with Gasteiger partial charge >= 0.3 is 0 Å². The Hall–Kier alpha value is -2.82. The molecular formula is C16H12NO4-. The molecule has 0 N–H and O–H groups in total. The standard InChI is InChI=1S/C16H13NO4/c18-15-10-21-14-7-2-1-6-13(14)17(15)9-11-4-3-5-12(8-11)16(19)20/h1-8H,9-10H2,(H,19,20)/p-1. The van der Waals surface area contributed by atoms with E-state index in [1.807, 2.05) is 12.1 Å². The van der Waals surface area contributed by atoms with Gasteiger partial charge in [-0.2, -0.15) is 0 Å². The van der Waals surface area contributed by atoms with E-state index in [9.17, 15) is 14.7 Å². The van der Waals surface area contributed by atoms with Crippen LogP contribution < -0.4 is 14.7 Å². The Bertz CT molecular complexity index is 711. The topological polar surface area (TPSA) is 69.7 Å². The molecule has 0 unspecified atom stereocenters. The van der Waals surface area contributed by atoms with Gasteiger partial charge in [0, 0.05) is 0 Å². The van der Waals surface area contributed by atoms with Crippen LogP contribution in [0.3, 0.4) is 0 Å². The molecule has 1 heterocycles. The summed E-state index contributed by atoms with van der Waals surface area (Å²) in [5, 5.41) is 10.9. The van der Waals surface area contributed by atoms with E-state index < -0.39 is 5.97 Å². The molecule has 1 aliphatic rings. The minimum Gasteiger partial charge on any atom is -0.545 e. The summed E-state index contributed by atoms with van der Waals surface area (Å²) in [6.07, 6.45) is 0. The van der Waals surface area contributed by atoms with E-state index in [0.717, 1.165) is 5.56 Å². The van der Waals surface area contributed by atoms with Crippen molar-refractivity contribution in [2.45, 2.75) is 6.54 Å². The van der Waals surface area contributed by atoms with E-state index in [-0.39, 0.29) is 18.1 Å². The molecule has 0 saturated heterocycles. The van der Waals surface area contributed by atoms with Gasteiger partial charge in [-0.15, -0.1) is 0 Å². The van der Waals surface area contributed by atoms with Gasteiger partial charge in [0.1, 0.15) is 5.75 Å². The van der Waals surface area contributed by atoms with Gasteiger partial charge in [0.25, 0.3) is 5.91 Å². The predicted molar refractivity (Wildman–Crippen MR) is 73.9 cm³/mol. The monoisotopic (exact) mass is 282 g/mol. The maximum Gasteiger partial charge on any atom is 0.265 e. The highest BCUT2D eigenvalue weighted by molar-refractivity contribution is 5.97. The van der Waals surface area contributed by atoms with Crippen LogP contribution in [0.2, 0.25) is 0 Å². The summed E-state index contributed by atoms with van der Waals surface area (Å²) in [6.45, 7) is 0.275. The second kappa shape index (κ2) is 5.28. The summed E-state index contributed by atoms with van der Waals surface area (Å²) in [6, 6.07) is 13.7. The largest absolute Gasteiger partial charge is 0.545 e. The van der Waals surface area contributed by atoms with Gasteiger partial charge in [-0.05, 0) is 29.3 Å². The van der Waals surface area contributed by atoms with Crippen molar-refractivity contribution in [1.82, 2.24) is 0 Å². The number of anilines is 1. The lowest BCUT2D eigenvalue weighted by Gasteiger charge is -2.29. The van der Waals surface area contributed by atoms with Gasteiger partial charge < -0.3 is 19.5 Å². The zero-order chi connectivity index (χ0) is 14.8. The molecule has 0 saturated carbocycles. The molecule has 1 aliphatic heterocycles. The van der Waals surface area contributed by atoms with Crippen molar-refractivity contribution < 1.29 is 19.4 Å². The van der Waals surface area contributed by atoms with E-state index in [1.165, 1.54) is 12.1 Å². The number of ether oxygens (including phenoxy) is 1. The number of carboxylic acid groups (broad SMARTS) is 1. The minimum absolute atomic E-state index is 0.0167. The Morgan fingerprint density at radius 2 is 2.00 bits per heavy atom. The molecular weight excluding hydrogens is 270 g/mol.